The number of rotatable bonds is 7. The molecule has 164 valence electrons. The van der Waals surface area contributed by atoms with Crippen molar-refractivity contribution < 1.29 is 31.4 Å². The van der Waals surface area contributed by atoms with E-state index in [9.17, 15) is 26.7 Å². The van der Waals surface area contributed by atoms with Crippen molar-refractivity contribution in [1.82, 2.24) is 9.21 Å². The summed E-state index contributed by atoms with van der Waals surface area (Å²) < 4.78 is 70.8. The zero-order valence-electron chi connectivity index (χ0n) is 16.1. The van der Waals surface area contributed by atoms with Crippen molar-refractivity contribution >= 4 is 10.0 Å². The van der Waals surface area contributed by atoms with Crippen LogP contribution in [0.1, 0.15) is 5.56 Å². The van der Waals surface area contributed by atoms with Gasteiger partial charge in [-0.25, -0.2) is 8.42 Å². The monoisotopic (exact) mass is 444 g/mol. The van der Waals surface area contributed by atoms with Crippen LogP contribution in [-0.2, 0) is 16.2 Å². The molecule has 0 bridgehead atoms. The number of β-amino-alcohol motifs (C(OH)–C–C–N with tert-alkyl or cyclic N) is 1. The predicted octanol–water partition coefficient (Wildman–Crippen LogP) is 2.45. The van der Waals surface area contributed by atoms with Crippen LogP contribution >= 0.6 is 0 Å². The van der Waals surface area contributed by atoms with Crippen LogP contribution in [-0.4, -0.2) is 68.2 Å². The van der Waals surface area contributed by atoms with Gasteiger partial charge in [0.2, 0.25) is 10.0 Å². The maximum absolute atomic E-state index is 12.9. The first kappa shape index (κ1) is 22.5. The van der Waals surface area contributed by atoms with Gasteiger partial charge >= 0.3 is 6.18 Å². The molecule has 0 saturated carbocycles. The Morgan fingerprint density at radius 2 is 1.67 bits per heavy atom. The Hall–Kier alpha value is -2.14. The standard InChI is InChI=1S/C20H23F3N2O4S/c21-20(22,23)16-5-4-8-19(13-16)30(27,28)25-11-9-24(10-12-25)14-17(26)15-29-18-6-2-1-3-7-18/h1-8,13,17,26H,9-12,14-15H2. The number of hydrogen-bond donors (Lipinski definition) is 1. The molecule has 1 fully saturated rings. The molecule has 3 rings (SSSR count). The Morgan fingerprint density at radius 1 is 1.00 bits per heavy atom. The Kier molecular flexibility index (Phi) is 7.02. The van der Waals surface area contributed by atoms with E-state index < -0.39 is 27.9 Å². The van der Waals surface area contributed by atoms with E-state index in [1.54, 1.807) is 12.1 Å². The zero-order chi connectivity index (χ0) is 21.8. The number of benzene rings is 2. The first-order valence-electron chi connectivity index (χ1n) is 9.42. The molecule has 0 radical (unpaired) electrons. The summed E-state index contributed by atoms with van der Waals surface area (Å²) in [6, 6.07) is 12.8. The summed E-state index contributed by atoms with van der Waals surface area (Å²) in [5.74, 6) is 0.647. The van der Waals surface area contributed by atoms with Crippen molar-refractivity contribution in [1.29, 1.82) is 0 Å². The molecule has 0 spiro atoms. The minimum atomic E-state index is -4.61. The largest absolute Gasteiger partial charge is 0.491 e. The first-order valence-corrected chi connectivity index (χ1v) is 10.9. The molecule has 30 heavy (non-hydrogen) atoms. The number of halogens is 3. The van der Waals surface area contributed by atoms with Crippen LogP contribution in [0.15, 0.2) is 59.5 Å². The third-order valence-corrected chi connectivity index (χ3v) is 6.68. The van der Waals surface area contributed by atoms with Gasteiger partial charge in [-0.2, -0.15) is 17.5 Å². The van der Waals surface area contributed by atoms with Gasteiger partial charge in [-0.05, 0) is 30.3 Å². The van der Waals surface area contributed by atoms with E-state index >= 15 is 0 Å². The Morgan fingerprint density at radius 3 is 2.30 bits per heavy atom. The molecule has 1 aliphatic rings. The van der Waals surface area contributed by atoms with Gasteiger partial charge in [0, 0.05) is 32.7 Å². The molecular formula is C20H23F3N2O4S. The number of sulfonamides is 1. The van der Waals surface area contributed by atoms with E-state index in [-0.39, 0.29) is 24.6 Å². The molecule has 0 aromatic heterocycles. The van der Waals surface area contributed by atoms with Gasteiger partial charge in [0.05, 0.1) is 10.5 Å². The number of aliphatic hydroxyl groups excluding tert-OH is 1. The van der Waals surface area contributed by atoms with E-state index in [1.807, 2.05) is 23.1 Å². The van der Waals surface area contributed by atoms with Crippen molar-refractivity contribution in [2.45, 2.75) is 17.2 Å². The number of piperazine rings is 1. The number of nitrogens with zero attached hydrogens (tertiary/aromatic N) is 2. The van der Waals surface area contributed by atoms with Crippen LogP contribution in [0.4, 0.5) is 13.2 Å². The van der Waals surface area contributed by atoms with E-state index in [4.69, 9.17) is 4.74 Å². The molecule has 0 amide bonds. The maximum Gasteiger partial charge on any atom is 0.416 e. The van der Waals surface area contributed by atoms with Crippen LogP contribution in [0, 0.1) is 0 Å². The Balaban J connectivity index is 1.53. The number of alkyl halides is 3. The van der Waals surface area contributed by atoms with Crippen LogP contribution in [0.2, 0.25) is 0 Å². The molecule has 1 heterocycles. The minimum absolute atomic E-state index is 0.104. The van der Waals surface area contributed by atoms with E-state index in [0.29, 0.717) is 31.5 Å². The molecule has 1 saturated heterocycles. The Labute approximate surface area is 173 Å². The van der Waals surface area contributed by atoms with Crippen molar-refractivity contribution in [3.05, 3.63) is 60.2 Å². The van der Waals surface area contributed by atoms with E-state index in [2.05, 4.69) is 0 Å². The number of aliphatic hydroxyl groups is 1. The summed E-state index contributed by atoms with van der Waals surface area (Å²) in [7, 11) is -4.02. The van der Waals surface area contributed by atoms with E-state index in [0.717, 1.165) is 12.1 Å². The van der Waals surface area contributed by atoms with Gasteiger partial charge in [0.25, 0.3) is 0 Å². The van der Waals surface area contributed by atoms with Crippen molar-refractivity contribution in [2.75, 3.05) is 39.3 Å². The number of ether oxygens (including phenoxy) is 1. The van der Waals surface area contributed by atoms with Crippen molar-refractivity contribution in [3.63, 3.8) is 0 Å². The van der Waals surface area contributed by atoms with Gasteiger partial charge in [0.1, 0.15) is 18.5 Å². The van der Waals surface area contributed by atoms with E-state index in [1.165, 1.54) is 10.4 Å². The van der Waals surface area contributed by atoms with Gasteiger partial charge in [-0.3, -0.25) is 4.90 Å². The van der Waals surface area contributed by atoms with Gasteiger partial charge in [-0.1, -0.05) is 24.3 Å². The van der Waals surface area contributed by atoms with Crippen LogP contribution in [0.25, 0.3) is 0 Å². The third kappa shape index (κ3) is 5.72. The fourth-order valence-corrected chi connectivity index (χ4v) is 4.66. The maximum atomic E-state index is 12.9. The van der Waals surface area contributed by atoms with Gasteiger partial charge < -0.3 is 9.84 Å². The quantitative estimate of drug-likeness (QED) is 0.711. The summed E-state index contributed by atoms with van der Waals surface area (Å²) in [6.45, 7) is 1.40. The van der Waals surface area contributed by atoms with Crippen molar-refractivity contribution in [3.8, 4) is 5.75 Å². The number of hydrogen-bond acceptors (Lipinski definition) is 5. The average molecular weight is 444 g/mol. The highest BCUT2D eigenvalue weighted by Crippen LogP contribution is 2.31. The second-order valence-electron chi connectivity index (χ2n) is 7.01. The highest BCUT2D eigenvalue weighted by molar-refractivity contribution is 7.89. The molecule has 1 unspecified atom stereocenters. The fourth-order valence-electron chi connectivity index (χ4n) is 3.19. The van der Waals surface area contributed by atoms with Crippen molar-refractivity contribution in [2.24, 2.45) is 0 Å². The minimum Gasteiger partial charge on any atom is -0.491 e. The lowest BCUT2D eigenvalue weighted by molar-refractivity contribution is -0.137. The lowest BCUT2D eigenvalue weighted by Gasteiger charge is -2.34. The smallest absolute Gasteiger partial charge is 0.416 e. The second-order valence-corrected chi connectivity index (χ2v) is 8.95. The molecule has 1 atom stereocenters. The predicted molar refractivity (Wildman–Crippen MR) is 105 cm³/mol. The fraction of sp³-hybridized carbons (Fsp3) is 0.400. The van der Waals surface area contributed by atoms with Gasteiger partial charge in [0.15, 0.2) is 0 Å². The third-order valence-electron chi connectivity index (χ3n) is 4.78. The first-order chi connectivity index (χ1) is 14.2. The molecule has 6 nitrogen and oxygen atoms in total. The molecule has 10 heteroatoms. The molecule has 2 aromatic rings. The molecular weight excluding hydrogens is 421 g/mol. The topological polar surface area (TPSA) is 70.1 Å². The highest BCUT2D eigenvalue weighted by Gasteiger charge is 2.34. The second kappa shape index (κ2) is 9.34. The highest BCUT2D eigenvalue weighted by atomic mass is 32.2. The van der Waals surface area contributed by atoms with Crippen LogP contribution in [0.5, 0.6) is 5.75 Å². The molecule has 1 N–H and O–H groups in total. The molecule has 0 aliphatic carbocycles. The lowest BCUT2D eigenvalue weighted by atomic mass is 10.2. The Bertz CT molecular complexity index is 931. The summed E-state index contributed by atoms with van der Waals surface area (Å²) in [6.07, 6.45) is -5.36. The SMILES string of the molecule is O=S(=O)(c1cccc(C(F)(F)F)c1)N1CCN(CC(O)COc2ccccc2)CC1. The summed E-state index contributed by atoms with van der Waals surface area (Å²) >= 11 is 0. The van der Waals surface area contributed by atoms with Crippen LogP contribution < -0.4 is 4.74 Å². The van der Waals surface area contributed by atoms with Gasteiger partial charge in [-0.15, -0.1) is 0 Å². The normalized spacial score (nSPS) is 17.6. The number of para-hydroxylation sites is 1. The van der Waals surface area contributed by atoms with Crippen LogP contribution in [0.3, 0.4) is 0 Å². The summed E-state index contributed by atoms with van der Waals surface area (Å²) in [5.41, 5.74) is -0.997. The summed E-state index contributed by atoms with van der Waals surface area (Å²) in [5, 5.41) is 10.2. The average Bonchev–Trinajstić information content (AvgIpc) is 2.73. The zero-order valence-corrected chi connectivity index (χ0v) is 16.9. The summed E-state index contributed by atoms with van der Waals surface area (Å²) in [4.78, 5) is 1.53. The molecule has 2 aromatic carbocycles. The lowest BCUT2D eigenvalue weighted by Crippen LogP contribution is -2.50. The molecule has 1 aliphatic heterocycles.